The number of ether oxygens (including phenoxy) is 4. The SMILES string of the molecule is COCCN1C(=O)C(=O)C(=C(O)c2ccc(OCC(C)C)cc2C)[C@H]1c1ccc(OC)c(OC)c1. The van der Waals surface area contributed by atoms with Gasteiger partial charge < -0.3 is 29.0 Å². The fourth-order valence-electron chi connectivity index (χ4n) is 4.07. The number of aryl methyl sites for hydroxylation is 1. The number of aliphatic hydroxyl groups excluding tert-OH is 1. The molecule has 35 heavy (non-hydrogen) atoms. The molecule has 8 nitrogen and oxygen atoms in total. The molecule has 188 valence electrons. The number of amides is 1. The van der Waals surface area contributed by atoms with Crippen molar-refractivity contribution in [3.05, 3.63) is 58.7 Å². The van der Waals surface area contributed by atoms with Crippen LogP contribution >= 0.6 is 0 Å². The van der Waals surface area contributed by atoms with Gasteiger partial charge in [0.2, 0.25) is 0 Å². The number of Topliss-reactive ketones (excluding diaryl/α,β-unsaturated/α-hetero) is 1. The summed E-state index contributed by atoms with van der Waals surface area (Å²) in [7, 11) is 4.56. The highest BCUT2D eigenvalue weighted by atomic mass is 16.5. The Kier molecular flexibility index (Phi) is 8.40. The topological polar surface area (TPSA) is 94.5 Å². The molecule has 1 aliphatic rings. The van der Waals surface area contributed by atoms with E-state index >= 15 is 0 Å². The summed E-state index contributed by atoms with van der Waals surface area (Å²) in [6, 6.07) is 9.60. The summed E-state index contributed by atoms with van der Waals surface area (Å²) < 4.78 is 21.7. The number of benzene rings is 2. The van der Waals surface area contributed by atoms with Crippen LogP contribution in [0, 0.1) is 12.8 Å². The fraction of sp³-hybridized carbons (Fsp3) is 0.407. The van der Waals surface area contributed by atoms with Crippen LogP contribution in [0.15, 0.2) is 42.0 Å². The van der Waals surface area contributed by atoms with E-state index in [2.05, 4.69) is 13.8 Å². The molecule has 1 saturated heterocycles. The van der Waals surface area contributed by atoms with E-state index in [1.165, 1.54) is 26.2 Å². The average Bonchev–Trinajstić information content (AvgIpc) is 3.10. The molecule has 0 bridgehead atoms. The molecule has 2 aromatic rings. The second kappa shape index (κ2) is 11.3. The lowest BCUT2D eigenvalue weighted by Crippen LogP contribution is -2.32. The first kappa shape index (κ1) is 26.1. The number of rotatable bonds is 10. The third-order valence-electron chi connectivity index (χ3n) is 5.84. The van der Waals surface area contributed by atoms with Gasteiger partial charge in [-0.3, -0.25) is 9.59 Å². The molecule has 1 aliphatic heterocycles. The lowest BCUT2D eigenvalue weighted by molar-refractivity contribution is -0.140. The van der Waals surface area contributed by atoms with E-state index in [4.69, 9.17) is 18.9 Å². The molecule has 0 aliphatic carbocycles. The van der Waals surface area contributed by atoms with Gasteiger partial charge in [-0.2, -0.15) is 0 Å². The number of hydrogen-bond acceptors (Lipinski definition) is 7. The van der Waals surface area contributed by atoms with Crippen molar-refractivity contribution in [2.75, 3.05) is 41.1 Å². The monoisotopic (exact) mass is 483 g/mol. The molecule has 2 aromatic carbocycles. The molecular formula is C27H33NO7. The lowest BCUT2D eigenvalue weighted by atomic mass is 9.93. The normalized spacial score (nSPS) is 17.2. The summed E-state index contributed by atoms with van der Waals surface area (Å²) >= 11 is 0. The van der Waals surface area contributed by atoms with Gasteiger partial charge in [0.25, 0.3) is 11.7 Å². The van der Waals surface area contributed by atoms with Crippen LogP contribution in [0.1, 0.15) is 36.6 Å². The first-order valence-electron chi connectivity index (χ1n) is 11.5. The smallest absolute Gasteiger partial charge is 0.295 e. The van der Waals surface area contributed by atoms with E-state index in [0.717, 1.165) is 5.56 Å². The van der Waals surface area contributed by atoms with Crippen LogP contribution < -0.4 is 14.2 Å². The van der Waals surface area contributed by atoms with Crippen LogP contribution in [-0.4, -0.2) is 62.8 Å². The van der Waals surface area contributed by atoms with E-state index in [1.807, 2.05) is 13.0 Å². The van der Waals surface area contributed by atoms with Gasteiger partial charge in [-0.15, -0.1) is 0 Å². The van der Waals surface area contributed by atoms with Crippen molar-refractivity contribution in [3.63, 3.8) is 0 Å². The van der Waals surface area contributed by atoms with Gasteiger partial charge in [0.1, 0.15) is 11.5 Å². The number of nitrogens with zero attached hydrogens (tertiary/aromatic N) is 1. The van der Waals surface area contributed by atoms with Crippen LogP contribution in [0.5, 0.6) is 17.2 Å². The van der Waals surface area contributed by atoms with Crippen molar-refractivity contribution in [2.24, 2.45) is 5.92 Å². The summed E-state index contributed by atoms with van der Waals surface area (Å²) in [6.45, 7) is 6.92. The first-order chi connectivity index (χ1) is 16.7. The molecule has 8 heteroatoms. The zero-order valence-electron chi connectivity index (χ0n) is 21.1. The number of methoxy groups -OCH3 is 3. The molecule has 0 unspecified atom stereocenters. The Bertz CT molecular complexity index is 1120. The Hall–Kier alpha value is -3.52. The van der Waals surface area contributed by atoms with Gasteiger partial charge in [-0.1, -0.05) is 19.9 Å². The van der Waals surface area contributed by atoms with E-state index < -0.39 is 17.7 Å². The quantitative estimate of drug-likeness (QED) is 0.309. The van der Waals surface area contributed by atoms with E-state index in [9.17, 15) is 14.7 Å². The Morgan fingerprint density at radius 1 is 1.03 bits per heavy atom. The predicted octanol–water partition coefficient (Wildman–Crippen LogP) is 4.12. The lowest BCUT2D eigenvalue weighted by Gasteiger charge is -2.25. The van der Waals surface area contributed by atoms with Crippen molar-refractivity contribution in [1.29, 1.82) is 0 Å². The van der Waals surface area contributed by atoms with Crippen molar-refractivity contribution in [2.45, 2.75) is 26.8 Å². The molecule has 0 saturated carbocycles. The standard InChI is InChI=1S/C27H33NO7/c1-16(2)15-35-19-8-9-20(17(3)13-19)25(29)23-24(28(11-12-32-4)27(31)26(23)30)18-7-10-21(33-5)22(14-18)34-6/h7-10,13-14,16,24,29H,11-12,15H2,1-6H3/t24-/m1/s1. The molecule has 3 rings (SSSR count). The van der Waals surface area contributed by atoms with E-state index in [-0.39, 0.29) is 24.5 Å². The van der Waals surface area contributed by atoms with Crippen LogP contribution in [0.3, 0.4) is 0 Å². The highest BCUT2D eigenvalue weighted by Crippen LogP contribution is 2.42. The zero-order valence-corrected chi connectivity index (χ0v) is 21.1. The summed E-state index contributed by atoms with van der Waals surface area (Å²) in [6.07, 6.45) is 0. The van der Waals surface area contributed by atoms with E-state index in [1.54, 1.807) is 30.3 Å². The average molecular weight is 484 g/mol. The minimum Gasteiger partial charge on any atom is -0.507 e. The maximum Gasteiger partial charge on any atom is 0.295 e. The van der Waals surface area contributed by atoms with Crippen molar-refractivity contribution < 1.29 is 33.6 Å². The summed E-state index contributed by atoms with van der Waals surface area (Å²) in [5, 5.41) is 11.4. The van der Waals surface area contributed by atoms with Gasteiger partial charge in [0, 0.05) is 19.2 Å². The fourth-order valence-corrected chi connectivity index (χ4v) is 4.07. The minimum atomic E-state index is -0.818. The van der Waals surface area contributed by atoms with Crippen LogP contribution in [-0.2, 0) is 14.3 Å². The molecule has 1 heterocycles. The van der Waals surface area contributed by atoms with E-state index in [0.29, 0.717) is 40.9 Å². The molecular weight excluding hydrogens is 450 g/mol. The molecule has 1 N–H and O–H groups in total. The maximum absolute atomic E-state index is 13.2. The Morgan fingerprint density at radius 2 is 1.74 bits per heavy atom. The van der Waals surface area contributed by atoms with Gasteiger partial charge in [0.15, 0.2) is 11.5 Å². The van der Waals surface area contributed by atoms with Crippen LogP contribution in [0.4, 0.5) is 0 Å². The third-order valence-corrected chi connectivity index (χ3v) is 5.84. The van der Waals surface area contributed by atoms with Crippen molar-refractivity contribution >= 4 is 17.4 Å². The Balaban J connectivity index is 2.13. The van der Waals surface area contributed by atoms with Gasteiger partial charge >= 0.3 is 0 Å². The zero-order chi connectivity index (χ0) is 25.7. The molecule has 1 atom stereocenters. The molecule has 1 fully saturated rings. The summed E-state index contributed by atoms with van der Waals surface area (Å²) in [5.41, 5.74) is 1.79. The second-order valence-corrected chi connectivity index (χ2v) is 8.78. The highest BCUT2D eigenvalue weighted by Gasteiger charge is 2.46. The molecule has 1 amide bonds. The first-order valence-corrected chi connectivity index (χ1v) is 11.5. The summed E-state index contributed by atoms with van der Waals surface area (Å²) in [4.78, 5) is 27.6. The predicted molar refractivity (Wildman–Crippen MR) is 132 cm³/mol. The number of aliphatic hydroxyl groups is 1. The van der Waals surface area contributed by atoms with Crippen molar-refractivity contribution in [1.82, 2.24) is 4.90 Å². The Morgan fingerprint density at radius 3 is 2.34 bits per heavy atom. The Labute approximate surface area is 206 Å². The van der Waals surface area contributed by atoms with Crippen molar-refractivity contribution in [3.8, 4) is 17.2 Å². The number of hydrogen-bond donors (Lipinski definition) is 1. The summed E-state index contributed by atoms with van der Waals surface area (Å²) in [5.74, 6) is 0.313. The van der Waals surface area contributed by atoms with Crippen LogP contribution in [0.25, 0.3) is 5.76 Å². The molecule has 0 spiro atoms. The second-order valence-electron chi connectivity index (χ2n) is 8.78. The van der Waals surface area contributed by atoms with Gasteiger partial charge in [0.05, 0.1) is 39.0 Å². The molecule has 0 radical (unpaired) electrons. The van der Waals surface area contributed by atoms with Crippen LogP contribution in [0.2, 0.25) is 0 Å². The number of ketones is 1. The van der Waals surface area contributed by atoms with Gasteiger partial charge in [-0.25, -0.2) is 0 Å². The largest absolute Gasteiger partial charge is 0.507 e. The maximum atomic E-state index is 13.2. The highest BCUT2D eigenvalue weighted by molar-refractivity contribution is 6.46. The molecule has 0 aromatic heterocycles. The third kappa shape index (κ3) is 5.43. The number of carbonyl (C=O) groups is 2. The number of carbonyl (C=O) groups excluding carboxylic acids is 2. The van der Waals surface area contributed by atoms with Gasteiger partial charge in [-0.05, 0) is 54.3 Å². The number of likely N-dealkylation sites (tertiary alicyclic amines) is 1. The minimum absolute atomic E-state index is 0.0114.